The van der Waals surface area contributed by atoms with Gasteiger partial charge in [-0.15, -0.1) is 11.6 Å². The number of hydrogen-bond acceptors (Lipinski definition) is 3. The molecule has 0 bridgehead atoms. The molecule has 108 valence electrons. The van der Waals surface area contributed by atoms with Crippen LogP contribution in [-0.4, -0.2) is 34.2 Å². The first kappa shape index (κ1) is 14.8. The lowest BCUT2D eigenvalue weighted by Crippen LogP contribution is -2.45. The number of halogens is 1. The summed E-state index contributed by atoms with van der Waals surface area (Å²) < 4.78 is 0. The number of nitro groups is 1. The van der Waals surface area contributed by atoms with Crippen molar-refractivity contribution in [2.45, 2.75) is 32.2 Å². The quantitative estimate of drug-likeness (QED) is 0.476. The van der Waals surface area contributed by atoms with Gasteiger partial charge in [-0.25, -0.2) is 0 Å². The van der Waals surface area contributed by atoms with Gasteiger partial charge in [0.1, 0.15) is 5.56 Å². The van der Waals surface area contributed by atoms with Crippen LogP contribution in [0.25, 0.3) is 0 Å². The Morgan fingerprint density at radius 2 is 2.20 bits per heavy atom. The topological polar surface area (TPSA) is 63.5 Å². The monoisotopic (exact) mass is 296 g/mol. The molecule has 0 radical (unpaired) electrons. The molecule has 0 saturated heterocycles. The molecule has 6 heteroatoms. The van der Waals surface area contributed by atoms with Crippen LogP contribution in [0.2, 0.25) is 0 Å². The van der Waals surface area contributed by atoms with Crippen LogP contribution in [0.1, 0.15) is 35.2 Å². The lowest BCUT2D eigenvalue weighted by atomic mass is 9.91. The number of carbonyl (C=O) groups excluding carboxylic acids is 1. The van der Waals surface area contributed by atoms with Crippen molar-refractivity contribution >= 4 is 23.2 Å². The van der Waals surface area contributed by atoms with Crippen molar-refractivity contribution in [3.05, 3.63) is 39.4 Å². The third-order valence-corrected chi connectivity index (χ3v) is 3.85. The molecule has 0 spiro atoms. The van der Waals surface area contributed by atoms with Crippen molar-refractivity contribution in [1.29, 1.82) is 0 Å². The minimum atomic E-state index is -0.508. The van der Waals surface area contributed by atoms with E-state index in [0.29, 0.717) is 12.4 Å². The number of amides is 1. The van der Waals surface area contributed by atoms with Gasteiger partial charge < -0.3 is 4.90 Å². The molecule has 1 aliphatic rings. The van der Waals surface area contributed by atoms with Crippen LogP contribution in [0.4, 0.5) is 5.69 Å². The number of nitro benzene ring substituents is 1. The summed E-state index contributed by atoms with van der Waals surface area (Å²) >= 11 is 5.76. The zero-order valence-electron chi connectivity index (χ0n) is 11.3. The first-order valence-corrected chi connectivity index (χ1v) is 7.20. The Kier molecular flexibility index (Phi) is 4.60. The molecule has 0 unspecified atom stereocenters. The van der Waals surface area contributed by atoms with Crippen LogP contribution >= 0.6 is 11.6 Å². The van der Waals surface area contributed by atoms with Gasteiger partial charge in [-0.1, -0.05) is 6.07 Å². The average molecular weight is 297 g/mol. The van der Waals surface area contributed by atoms with E-state index in [0.717, 1.165) is 24.8 Å². The molecule has 2 rings (SSSR count). The standard InChI is InChI=1S/C14H17ClN2O3/c1-10-5-6-13(17(19)20)12(9-10)14(18)16(8-7-15)11-3-2-4-11/h5-6,9,11H,2-4,7-8H2,1H3. The number of carbonyl (C=O) groups is 1. The second-order valence-corrected chi connectivity index (χ2v) is 5.43. The number of benzene rings is 1. The Balaban J connectivity index is 2.34. The van der Waals surface area contributed by atoms with Gasteiger partial charge in [0.25, 0.3) is 11.6 Å². The summed E-state index contributed by atoms with van der Waals surface area (Å²) in [5, 5.41) is 11.1. The Bertz CT molecular complexity index is 529. The van der Waals surface area contributed by atoms with Gasteiger partial charge >= 0.3 is 0 Å². The highest BCUT2D eigenvalue weighted by atomic mass is 35.5. The summed E-state index contributed by atoms with van der Waals surface area (Å²) in [6.45, 7) is 2.24. The lowest BCUT2D eigenvalue weighted by Gasteiger charge is -2.37. The van der Waals surface area contributed by atoms with Gasteiger partial charge in [-0.3, -0.25) is 14.9 Å². The molecule has 0 heterocycles. The summed E-state index contributed by atoms with van der Waals surface area (Å²) in [7, 11) is 0. The van der Waals surface area contributed by atoms with Gasteiger partial charge in [-0.2, -0.15) is 0 Å². The SMILES string of the molecule is Cc1ccc([N+](=O)[O-])c(C(=O)N(CCCl)C2CCC2)c1. The third-order valence-electron chi connectivity index (χ3n) is 3.68. The van der Waals surface area contributed by atoms with Gasteiger partial charge in [0.2, 0.25) is 0 Å². The molecule has 1 aromatic carbocycles. The minimum absolute atomic E-state index is 0.139. The van der Waals surface area contributed by atoms with Gasteiger partial charge in [0.05, 0.1) is 4.92 Å². The van der Waals surface area contributed by atoms with E-state index in [1.807, 2.05) is 6.92 Å². The molecule has 1 aliphatic carbocycles. The zero-order chi connectivity index (χ0) is 14.7. The zero-order valence-corrected chi connectivity index (χ0v) is 12.1. The average Bonchev–Trinajstić information content (AvgIpc) is 2.34. The first-order valence-electron chi connectivity index (χ1n) is 6.66. The Morgan fingerprint density at radius 3 is 2.70 bits per heavy atom. The van der Waals surface area contributed by atoms with E-state index < -0.39 is 4.92 Å². The predicted octanol–water partition coefficient (Wildman–Crippen LogP) is 3.14. The fourth-order valence-electron chi connectivity index (χ4n) is 2.37. The summed E-state index contributed by atoms with van der Waals surface area (Å²) in [4.78, 5) is 24.9. The number of rotatable bonds is 5. The van der Waals surface area contributed by atoms with Crippen LogP contribution in [0, 0.1) is 17.0 Å². The van der Waals surface area contributed by atoms with Crippen molar-refractivity contribution in [1.82, 2.24) is 4.90 Å². The van der Waals surface area contributed by atoms with Gasteiger partial charge in [0.15, 0.2) is 0 Å². The molecule has 0 atom stereocenters. The molecule has 1 aromatic rings. The smallest absolute Gasteiger partial charge is 0.282 e. The molecule has 1 fully saturated rings. The largest absolute Gasteiger partial charge is 0.334 e. The highest BCUT2D eigenvalue weighted by molar-refractivity contribution is 6.18. The minimum Gasteiger partial charge on any atom is -0.334 e. The van der Waals surface area contributed by atoms with E-state index >= 15 is 0 Å². The van der Waals surface area contributed by atoms with Crippen molar-refractivity contribution < 1.29 is 9.72 Å². The van der Waals surface area contributed by atoms with Crippen molar-refractivity contribution in [2.24, 2.45) is 0 Å². The van der Waals surface area contributed by atoms with E-state index in [9.17, 15) is 14.9 Å². The van der Waals surface area contributed by atoms with Gasteiger partial charge in [-0.05, 0) is 37.8 Å². The summed E-state index contributed by atoms with van der Waals surface area (Å²) in [5.74, 6) is 0.0488. The molecule has 0 aliphatic heterocycles. The number of alkyl halides is 1. The predicted molar refractivity (Wildman–Crippen MR) is 77.2 cm³/mol. The maximum Gasteiger partial charge on any atom is 0.282 e. The second kappa shape index (κ2) is 6.22. The summed E-state index contributed by atoms with van der Waals surface area (Å²) in [5.41, 5.74) is 0.852. The Labute approximate surface area is 122 Å². The molecule has 1 saturated carbocycles. The maximum absolute atomic E-state index is 12.6. The van der Waals surface area contributed by atoms with Gasteiger partial charge in [0, 0.05) is 24.5 Å². The summed E-state index contributed by atoms with van der Waals surface area (Å²) in [6, 6.07) is 4.79. The van der Waals surface area contributed by atoms with E-state index in [-0.39, 0.29) is 23.2 Å². The number of hydrogen-bond donors (Lipinski definition) is 0. The lowest BCUT2D eigenvalue weighted by molar-refractivity contribution is -0.385. The Hall–Kier alpha value is -1.62. The second-order valence-electron chi connectivity index (χ2n) is 5.05. The molecule has 5 nitrogen and oxygen atoms in total. The highest BCUT2D eigenvalue weighted by Crippen LogP contribution is 2.29. The third kappa shape index (κ3) is 2.93. The molecular formula is C14H17ClN2O3. The summed E-state index contributed by atoms with van der Waals surface area (Å²) in [6.07, 6.45) is 2.98. The first-order chi connectivity index (χ1) is 9.54. The molecule has 0 N–H and O–H groups in total. The Morgan fingerprint density at radius 1 is 1.50 bits per heavy atom. The van der Waals surface area contributed by atoms with Crippen LogP contribution in [-0.2, 0) is 0 Å². The molecule has 20 heavy (non-hydrogen) atoms. The van der Waals surface area contributed by atoms with Crippen LogP contribution in [0.15, 0.2) is 18.2 Å². The van der Waals surface area contributed by atoms with Crippen LogP contribution in [0.5, 0.6) is 0 Å². The maximum atomic E-state index is 12.6. The number of aryl methyl sites for hydroxylation is 1. The normalized spacial score (nSPS) is 14.7. The van der Waals surface area contributed by atoms with Crippen LogP contribution < -0.4 is 0 Å². The van der Waals surface area contributed by atoms with E-state index in [1.165, 1.54) is 6.07 Å². The number of nitrogens with zero attached hydrogens (tertiary/aromatic N) is 2. The van der Waals surface area contributed by atoms with Crippen LogP contribution in [0.3, 0.4) is 0 Å². The van der Waals surface area contributed by atoms with Crippen molar-refractivity contribution in [3.8, 4) is 0 Å². The van der Waals surface area contributed by atoms with Crippen molar-refractivity contribution in [3.63, 3.8) is 0 Å². The van der Waals surface area contributed by atoms with E-state index in [4.69, 9.17) is 11.6 Å². The fraction of sp³-hybridized carbons (Fsp3) is 0.500. The van der Waals surface area contributed by atoms with E-state index in [1.54, 1.807) is 17.0 Å². The molecular weight excluding hydrogens is 280 g/mol. The fourth-order valence-corrected chi connectivity index (χ4v) is 2.56. The van der Waals surface area contributed by atoms with Crippen molar-refractivity contribution in [2.75, 3.05) is 12.4 Å². The molecule has 1 amide bonds. The molecule has 0 aromatic heterocycles. The highest BCUT2D eigenvalue weighted by Gasteiger charge is 2.32. The van der Waals surface area contributed by atoms with E-state index in [2.05, 4.69) is 0 Å².